The van der Waals surface area contributed by atoms with E-state index in [0.717, 1.165) is 22.9 Å². The van der Waals surface area contributed by atoms with Crippen LogP contribution in [0.4, 0.5) is 11.4 Å². The molecule has 8 heteroatoms. The molecule has 1 atom stereocenters. The van der Waals surface area contributed by atoms with Gasteiger partial charge < -0.3 is 9.67 Å². The van der Waals surface area contributed by atoms with Crippen LogP contribution in [0.25, 0.3) is 16.7 Å². The Morgan fingerprint density at radius 1 is 1.03 bits per heavy atom. The van der Waals surface area contributed by atoms with Gasteiger partial charge >= 0.3 is 0 Å². The van der Waals surface area contributed by atoms with Crippen molar-refractivity contribution in [1.82, 2.24) is 4.57 Å². The highest BCUT2D eigenvalue weighted by molar-refractivity contribution is 6.51. The third kappa shape index (κ3) is 3.63. The summed E-state index contributed by atoms with van der Waals surface area (Å²) in [5.74, 6) is -2.08. The number of fused-ring (bicyclic) bond motifs is 1. The van der Waals surface area contributed by atoms with Crippen molar-refractivity contribution < 1.29 is 19.6 Å². The van der Waals surface area contributed by atoms with Gasteiger partial charge in [-0.15, -0.1) is 0 Å². The lowest BCUT2D eigenvalue weighted by atomic mass is 9.94. The number of benzene rings is 3. The normalized spacial score (nSPS) is 17.2. The summed E-state index contributed by atoms with van der Waals surface area (Å²) < 4.78 is 1.90. The first-order valence-electron chi connectivity index (χ1n) is 11.5. The van der Waals surface area contributed by atoms with Gasteiger partial charge in [-0.3, -0.25) is 24.6 Å². The van der Waals surface area contributed by atoms with Crippen molar-refractivity contribution in [1.29, 1.82) is 0 Å². The van der Waals surface area contributed by atoms with E-state index in [2.05, 4.69) is 0 Å². The van der Waals surface area contributed by atoms with Crippen LogP contribution in [0.1, 0.15) is 29.7 Å². The second kappa shape index (κ2) is 8.81. The molecular formula is C28H23N3O5. The number of aromatic nitrogens is 1. The minimum Gasteiger partial charge on any atom is -0.507 e. The molecule has 3 aromatic carbocycles. The Morgan fingerprint density at radius 3 is 2.44 bits per heavy atom. The summed E-state index contributed by atoms with van der Waals surface area (Å²) in [6.07, 6.45) is 2.66. The van der Waals surface area contributed by atoms with Crippen LogP contribution >= 0.6 is 0 Å². The number of amides is 1. The highest BCUT2D eigenvalue weighted by Crippen LogP contribution is 2.44. The van der Waals surface area contributed by atoms with E-state index in [9.17, 15) is 24.8 Å². The molecule has 1 unspecified atom stereocenters. The van der Waals surface area contributed by atoms with E-state index in [-0.39, 0.29) is 16.8 Å². The van der Waals surface area contributed by atoms with Gasteiger partial charge in [-0.25, -0.2) is 0 Å². The number of aryl methyl sites for hydroxylation is 2. The molecule has 2 heterocycles. The number of hydrogen-bond acceptors (Lipinski definition) is 5. The summed E-state index contributed by atoms with van der Waals surface area (Å²) in [6, 6.07) is 19.4. The predicted molar refractivity (Wildman–Crippen MR) is 137 cm³/mol. The summed E-state index contributed by atoms with van der Waals surface area (Å²) in [6.45, 7) is 2.02. The Labute approximate surface area is 206 Å². The molecule has 1 aliphatic rings. The molecule has 36 heavy (non-hydrogen) atoms. The maximum atomic E-state index is 13.4. The Morgan fingerprint density at radius 2 is 1.75 bits per heavy atom. The summed E-state index contributed by atoms with van der Waals surface area (Å²) >= 11 is 0. The number of nitro benzene ring substituents is 1. The fraction of sp³-hybridized carbons (Fsp3) is 0.143. The van der Waals surface area contributed by atoms with Gasteiger partial charge in [0.15, 0.2) is 0 Å². The first-order chi connectivity index (χ1) is 17.3. The van der Waals surface area contributed by atoms with Gasteiger partial charge in [0.25, 0.3) is 17.4 Å². The number of hydrogen-bond donors (Lipinski definition) is 1. The summed E-state index contributed by atoms with van der Waals surface area (Å²) in [5, 5.41) is 23.5. The highest BCUT2D eigenvalue weighted by atomic mass is 16.6. The Balaban J connectivity index is 1.78. The van der Waals surface area contributed by atoms with E-state index in [4.69, 9.17) is 0 Å². The quantitative estimate of drug-likeness (QED) is 0.137. The lowest BCUT2D eigenvalue weighted by Crippen LogP contribution is -2.29. The van der Waals surface area contributed by atoms with Gasteiger partial charge in [0.2, 0.25) is 0 Å². The van der Waals surface area contributed by atoms with E-state index in [1.54, 1.807) is 12.1 Å². The Hall–Kier alpha value is -4.72. The van der Waals surface area contributed by atoms with E-state index >= 15 is 0 Å². The van der Waals surface area contributed by atoms with Crippen LogP contribution < -0.4 is 4.90 Å². The van der Waals surface area contributed by atoms with E-state index in [1.807, 2.05) is 61.1 Å². The number of carbonyl (C=O) groups excluding carboxylic acids is 2. The molecule has 1 saturated heterocycles. The molecule has 1 aromatic heterocycles. The Bertz CT molecular complexity index is 1570. The largest absolute Gasteiger partial charge is 0.507 e. The van der Waals surface area contributed by atoms with Gasteiger partial charge in [-0.1, -0.05) is 49.4 Å². The molecule has 0 saturated carbocycles. The number of ketones is 1. The molecular weight excluding hydrogens is 458 g/mol. The zero-order valence-electron chi connectivity index (χ0n) is 19.7. The molecule has 1 amide bonds. The second-order valence-corrected chi connectivity index (χ2v) is 8.71. The lowest BCUT2D eigenvalue weighted by Gasteiger charge is -2.25. The molecule has 1 N–H and O–H groups in total. The van der Waals surface area contributed by atoms with Gasteiger partial charge in [0, 0.05) is 53.1 Å². The fourth-order valence-electron chi connectivity index (χ4n) is 4.80. The predicted octanol–water partition coefficient (Wildman–Crippen LogP) is 5.28. The van der Waals surface area contributed by atoms with Gasteiger partial charge in [0.05, 0.1) is 16.5 Å². The van der Waals surface area contributed by atoms with Crippen molar-refractivity contribution in [2.75, 3.05) is 4.90 Å². The minimum atomic E-state index is -0.928. The number of aliphatic hydroxyl groups is 1. The van der Waals surface area contributed by atoms with Crippen LogP contribution in [0.2, 0.25) is 0 Å². The molecule has 0 aliphatic carbocycles. The molecule has 1 fully saturated rings. The van der Waals surface area contributed by atoms with Crippen LogP contribution in [0, 0.1) is 10.1 Å². The van der Waals surface area contributed by atoms with Crippen LogP contribution in [0.3, 0.4) is 0 Å². The molecule has 4 aromatic rings. The van der Waals surface area contributed by atoms with Crippen LogP contribution in [-0.4, -0.2) is 26.3 Å². The number of Topliss-reactive ketones (excluding diaryl/α,β-unsaturated/α-hetero) is 1. The number of anilines is 1. The first-order valence-corrected chi connectivity index (χ1v) is 11.5. The standard InChI is InChI=1S/C28H23N3O5/c1-3-17-11-13-19(14-12-17)30-25(22-16-29(2)23-10-5-4-9-21(22)23)24(27(33)28(30)34)26(32)18-7-6-8-20(15-18)31(35)36/h4-16,25,32H,3H2,1-2H3/b26-24+. The SMILES string of the molecule is CCc1ccc(N2C(=O)C(=O)/C(=C(/O)c3cccc([N+](=O)[O-])c3)C2c2cn(C)c3ccccc23)cc1. The maximum absolute atomic E-state index is 13.4. The Kier molecular flexibility index (Phi) is 5.64. The van der Waals surface area contributed by atoms with E-state index in [0.29, 0.717) is 11.3 Å². The number of rotatable bonds is 5. The summed E-state index contributed by atoms with van der Waals surface area (Å²) in [5.41, 5.74) is 2.91. The molecule has 0 radical (unpaired) electrons. The lowest BCUT2D eigenvalue weighted by molar-refractivity contribution is -0.384. The average molecular weight is 482 g/mol. The highest BCUT2D eigenvalue weighted by Gasteiger charge is 2.48. The molecule has 8 nitrogen and oxygen atoms in total. The van der Waals surface area contributed by atoms with Crippen LogP contribution in [-0.2, 0) is 23.1 Å². The minimum absolute atomic E-state index is 0.0915. The summed E-state index contributed by atoms with van der Waals surface area (Å²) in [4.78, 5) is 39.0. The second-order valence-electron chi connectivity index (χ2n) is 8.71. The number of para-hydroxylation sites is 1. The van der Waals surface area contributed by atoms with Crippen molar-refractivity contribution >= 4 is 39.7 Å². The average Bonchev–Trinajstić information content (AvgIpc) is 3.37. The maximum Gasteiger partial charge on any atom is 0.300 e. The van der Waals surface area contributed by atoms with Gasteiger partial charge in [0.1, 0.15) is 5.76 Å². The van der Waals surface area contributed by atoms with Gasteiger partial charge in [-0.05, 0) is 30.2 Å². The van der Waals surface area contributed by atoms with E-state index < -0.39 is 28.4 Å². The van der Waals surface area contributed by atoms with Crippen molar-refractivity contribution in [3.8, 4) is 0 Å². The number of aliphatic hydroxyl groups excluding tert-OH is 1. The zero-order chi connectivity index (χ0) is 25.6. The van der Waals surface area contributed by atoms with Crippen molar-refractivity contribution in [3.05, 3.63) is 111 Å². The summed E-state index contributed by atoms with van der Waals surface area (Å²) in [7, 11) is 1.87. The van der Waals surface area contributed by atoms with Crippen LogP contribution in [0.15, 0.2) is 84.6 Å². The molecule has 0 spiro atoms. The molecule has 1 aliphatic heterocycles. The molecule has 5 rings (SSSR count). The van der Waals surface area contributed by atoms with Crippen molar-refractivity contribution in [2.24, 2.45) is 7.05 Å². The first kappa shape index (κ1) is 23.0. The molecule has 180 valence electrons. The fourth-order valence-corrected chi connectivity index (χ4v) is 4.80. The van der Waals surface area contributed by atoms with E-state index in [1.165, 1.54) is 29.2 Å². The van der Waals surface area contributed by atoms with Crippen LogP contribution in [0.5, 0.6) is 0 Å². The third-order valence-corrected chi connectivity index (χ3v) is 6.62. The van der Waals surface area contributed by atoms with Gasteiger partial charge in [-0.2, -0.15) is 0 Å². The topological polar surface area (TPSA) is 106 Å². The number of carbonyl (C=O) groups is 2. The number of nitrogens with zero attached hydrogens (tertiary/aromatic N) is 3. The smallest absolute Gasteiger partial charge is 0.300 e. The monoisotopic (exact) mass is 481 g/mol. The third-order valence-electron chi connectivity index (χ3n) is 6.62. The van der Waals surface area contributed by atoms with Crippen molar-refractivity contribution in [2.45, 2.75) is 19.4 Å². The number of nitro groups is 1. The number of non-ortho nitro benzene ring substituents is 1. The molecule has 0 bridgehead atoms. The zero-order valence-corrected chi connectivity index (χ0v) is 19.7. The van der Waals surface area contributed by atoms with Crippen molar-refractivity contribution in [3.63, 3.8) is 0 Å².